The third-order valence-corrected chi connectivity index (χ3v) is 16.5. The number of quaternary nitrogens is 1. The summed E-state index contributed by atoms with van der Waals surface area (Å²) in [6.07, 6.45) is 5.07. The van der Waals surface area contributed by atoms with Crippen LogP contribution < -0.4 is 10.6 Å². The molecule has 16 nitrogen and oxygen atoms in total. The highest BCUT2D eigenvalue weighted by atomic mass is 31.2. The van der Waals surface area contributed by atoms with E-state index in [-0.39, 0.29) is 6.61 Å². The lowest BCUT2D eigenvalue weighted by atomic mass is 9.84. The minimum absolute atomic E-state index is 0.0490. The molecule has 1 saturated heterocycles. The van der Waals surface area contributed by atoms with E-state index < -0.39 is 94.4 Å². The fraction of sp³-hybridized carbons (Fsp3) is 1.00. The molecule has 2 fully saturated rings. The van der Waals surface area contributed by atoms with Crippen LogP contribution >= 0.6 is 7.82 Å². The Morgan fingerprint density at radius 2 is 0.903 bits per heavy atom. The molecule has 0 radical (unpaired) electrons. The number of phosphoric acid groups is 1. The largest absolute Gasteiger partial charge is 0.756 e. The lowest BCUT2D eigenvalue weighted by Gasteiger charge is -2.47. The first-order chi connectivity index (χ1) is 34.0. The van der Waals surface area contributed by atoms with Gasteiger partial charge < -0.3 is 74.4 Å². The van der Waals surface area contributed by atoms with Crippen molar-refractivity contribution in [3.8, 4) is 0 Å². The molecule has 1 unspecified atom stereocenters. The van der Waals surface area contributed by atoms with Crippen LogP contribution in [0.5, 0.6) is 0 Å². The van der Waals surface area contributed by atoms with E-state index >= 15 is 0 Å². The predicted molar refractivity (Wildman–Crippen MR) is 279 cm³/mol. The minimum atomic E-state index is -5.38. The number of hydrogen-bond donors (Lipinski definition) is 8. The van der Waals surface area contributed by atoms with Crippen LogP contribution in [0.4, 0.5) is 0 Å². The smallest absolute Gasteiger partial charge is 0.268 e. The van der Waals surface area contributed by atoms with Gasteiger partial charge in [0.25, 0.3) is 7.82 Å². The van der Waals surface area contributed by atoms with Gasteiger partial charge in [-0.3, -0.25) is 4.57 Å². The maximum atomic E-state index is 13.5. The molecule has 430 valence electrons. The second kappa shape index (κ2) is 36.7. The molecule has 0 aromatic rings. The van der Waals surface area contributed by atoms with Crippen LogP contribution in [-0.4, -0.2) is 142 Å². The zero-order valence-electron chi connectivity index (χ0n) is 46.8. The van der Waals surface area contributed by atoms with E-state index in [1.165, 1.54) is 89.9 Å². The van der Waals surface area contributed by atoms with Crippen molar-refractivity contribution in [1.29, 1.82) is 0 Å². The van der Waals surface area contributed by atoms with Crippen LogP contribution in [0.3, 0.4) is 0 Å². The normalized spacial score (nSPS) is 30.0. The van der Waals surface area contributed by atoms with Gasteiger partial charge >= 0.3 is 0 Å². The van der Waals surface area contributed by atoms with E-state index in [0.29, 0.717) is 36.9 Å². The first-order valence-corrected chi connectivity index (χ1v) is 30.1. The maximum absolute atomic E-state index is 13.5. The molecular weight excluding hydrogens is 946 g/mol. The molecular formula is C55H110NO15P. The molecule has 1 aliphatic carbocycles. The van der Waals surface area contributed by atoms with Crippen molar-refractivity contribution in [2.75, 3.05) is 33.0 Å². The van der Waals surface area contributed by atoms with Crippen LogP contribution in [0.1, 0.15) is 198 Å². The van der Waals surface area contributed by atoms with Crippen molar-refractivity contribution < 1.29 is 78.9 Å². The van der Waals surface area contributed by atoms with Gasteiger partial charge in [-0.2, -0.15) is 0 Å². The van der Waals surface area contributed by atoms with Gasteiger partial charge in [-0.1, -0.05) is 185 Å². The molecule has 10 N–H and O–H groups in total. The van der Waals surface area contributed by atoms with Crippen LogP contribution in [0.15, 0.2) is 0 Å². The standard InChI is InChI=1S/C55H110NO15P/c1-36(2)17-11-19-38(5)21-13-23-40(7)25-15-27-42(9)29-31-66-34-44(67-32-30-43(10)28-16-26-41(8)24-14-22-39(6)20-12-18-37(3)4)35-68-72(64,65)71-54-52(63)50(61)49(60)51(62)53(54)70-55-46(56)48(59)47(58)45(33-57)69-55/h36-55,57-63H,11-35,56H2,1-10H3,(H,64,65)/t38-,39-,40-,41-,42-,43-,44+,45-,46+,47-,48+,49+,50+,51-,52-,53-,54+,55-/m1/s1. The van der Waals surface area contributed by atoms with Gasteiger partial charge in [-0.05, 0) is 60.2 Å². The van der Waals surface area contributed by atoms with Crippen molar-refractivity contribution in [1.82, 2.24) is 0 Å². The molecule has 1 aliphatic heterocycles. The average molecular weight is 1060 g/mol. The Hall–Kier alpha value is -0.370. The Bertz CT molecular complexity index is 1400. The highest BCUT2D eigenvalue weighted by molar-refractivity contribution is 7.45. The zero-order valence-corrected chi connectivity index (χ0v) is 47.7. The maximum Gasteiger partial charge on any atom is 0.268 e. The van der Waals surface area contributed by atoms with Crippen molar-refractivity contribution in [3.63, 3.8) is 0 Å². The summed E-state index contributed by atoms with van der Waals surface area (Å²) in [5.74, 6) is 5.32. The summed E-state index contributed by atoms with van der Waals surface area (Å²) in [7, 11) is -5.38. The van der Waals surface area contributed by atoms with Gasteiger partial charge in [0.1, 0.15) is 61.0 Å². The van der Waals surface area contributed by atoms with Crippen LogP contribution in [0.25, 0.3) is 0 Å². The third-order valence-electron chi connectivity index (χ3n) is 15.6. The summed E-state index contributed by atoms with van der Waals surface area (Å²) in [5.41, 5.74) is 3.73. The second-order valence-corrected chi connectivity index (χ2v) is 25.3. The summed E-state index contributed by atoms with van der Waals surface area (Å²) in [5, 5.41) is 73.5. The summed E-state index contributed by atoms with van der Waals surface area (Å²) in [6.45, 7) is 22.7. The van der Waals surface area contributed by atoms with Crippen LogP contribution in [-0.2, 0) is 32.6 Å². The van der Waals surface area contributed by atoms with Gasteiger partial charge in [0.05, 0.1) is 19.8 Å². The quantitative estimate of drug-likeness (QED) is 0.0225. The Morgan fingerprint density at radius 3 is 1.32 bits per heavy atom. The second-order valence-electron chi connectivity index (χ2n) is 23.9. The Labute approximate surface area is 436 Å². The number of rotatable bonds is 41. The van der Waals surface area contributed by atoms with Crippen LogP contribution in [0, 0.1) is 47.3 Å². The minimum Gasteiger partial charge on any atom is -0.756 e. The van der Waals surface area contributed by atoms with Crippen LogP contribution in [0.2, 0.25) is 0 Å². The molecule has 19 atom stereocenters. The summed E-state index contributed by atoms with van der Waals surface area (Å²) < 4.78 is 47.8. The molecule has 2 rings (SSSR count). The molecule has 72 heavy (non-hydrogen) atoms. The van der Waals surface area contributed by atoms with E-state index in [2.05, 4.69) is 75.0 Å². The van der Waals surface area contributed by atoms with Gasteiger partial charge in [0, 0.05) is 13.2 Å². The lowest BCUT2D eigenvalue weighted by Crippen LogP contribution is -2.79. The highest BCUT2D eigenvalue weighted by Crippen LogP contribution is 2.44. The van der Waals surface area contributed by atoms with Crippen molar-refractivity contribution in [2.24, 2.45) is 47.3 Å². The van der Waals surface area contributed by atoms with Crippen molar-refractivity contribution >= 4 is 7.82 Å². The first-order valence-electron chi connectivity index (χ1n) is 28.6. The van der Waals surface area contributed by atoms with E-state index in [9.17, 15) is 45.2 Å². The summed E-state index contributed by atoms with van der Waals surface area (Å²) in [4.78, 5) is 13.5. The van der Waals surface area contributed by atoms with E-state index in [1.807, 2.05) is 0 Å². The van der Waals surface area contributed by atoms with Crippen molar-refractivity contribution in [3.05, 3.63) is 0 Å². The fourth-order valence-electron chi connectivity index (χ4n) is 10.2. The number of aliphatic hydroxyl groups excluding tert-OH is 7. The molecule has 1 saturated carbocycles. The zero-order chi connectivity index (χ0) is 54.0. The molecule has 0 bridgehead atoms. The van der Waals surface area contributed by atoms with E-state index in [1.54, 1.807) is 0 Å². The molecule has 0 aromatic heterocycles. The predicted octanol–water partition coefficient (Wildman–Crippen LogP) is 7.08. The number of phosphoric ester groups is 1. The highest BCUT2D eigenvalue weighted by Gasteiger charge is 2.55. The van der Waals surface area contributed by atoms with Gasteiger partial charge in [-0.15, -0.1) is 0 Å². The fourth-order valence-corrected chi connectivity index (χ4v) is 11.1. The van der Waals surface area contributed by atoms with Gasteiger partial charge in [-0.25, -0.2) is 0 Å². The molecule has 2 aliphatic rings. The summed E-state index contributed by atoms with van der Waals surface area (Å²) >= 11 is 0. The van der Waals surface area contributed by atoms with E-state index in [4.69, 9.17) is 28.0 Å². The third kappa shape index (κ3) is 27.3. The van der Waals surface area contributed by atoms with Gasteiger partial charge in [0.15, 0.2) is 6.04 Å². The Morgan fingerprint density at radius 1 is 0.514 bits per heavy atom. The average Bonchev–Trinajstić information content (AvgIpc) is 3.31. The SMILES string of the molecule is CC(C)CCC[C@@H](C)CCC[C@@H](C)CCC[C@@H](C)CCOC[C@@H](COP(=O)([O-])O[C@H]1[C@H](O)[C@@H](O)[C@H](O)[C@@H](O)[C@H]1O[C@H]1O[C@H](CO)[C@@H](O)[C@@H](O)[C@@H]1[NH3+])OCC[C@H](C)CCC[C@H](C)CCC[C@H](C)CCCC(C)C. The Balaban J connectivity index is 1.98. The number of aliphatic hydroxyl groups is 7. The van der Waals surface area contributed by atoms with Crippen molar-refractivity contribution in [2.45, 2.75) is 271 Å². The number of hydrogen-bond acceptors (Lipinski definition) is 15. The molecule has 1 heterocycles. The van der Waals surface area contributed by atoms with Gasteiger partial charge in [0.2, 0.25) is 6.29 Å². The Kier molecular flexibility index (Phi) is 34.5. The van der Waals surface area contributed by atoms with E-state index in [0.717, 1.165) is 62.2 Å². The molecule has 17 heteroatoms. The topological polar surface area (TPSA) is 265 Å². The molecule has 0 amide bonds. The molecule has 0 aromatic carbocycles. The first kappa shape index (κ1) is 67.7. The monoisotopic (exact) mass is 1060 g/mol. The number of ether oxygens (including phenoxy) is 4. The lowest BCUT2D eigenvalue weighted by molar-refractivity contribution is -0.506. The molecule has 0 spiro atoms. The summed E-state index contributed by atoms with van der Waals surface area (Å²) in [6, 6.07) is -1.23.